The Labute approximate surface area is 144 Å². The Hall–Kier alpha value is -2.00. The fourth-order valence-electron chi connectivity index (χ4n) is 3.67. The quantitative estimate of drug-likeness (QED) is 0.813. The number of carboxylic acid groups (broad SMARTS) is 1. The Morgan fingerprint density at radius 3 is 2.56 bits per heavy atom. The SMILES string of the molecule is Cc1cc(F)ccc1C(=O)N1CCN(CC(=O)O)C2CS(=O)(=O)CC21. The van der Waals surface area contributed by atoms with Crippen LogP contribution >= 0.6 is 0 Å². The van der Waals surface area contributed by atoms with Gasteiger partial charge in [-0.3, -0.25) is 14.5 Å². The van der Waals surface area contributed by atoms with Crippen molar-refractivity contribution in [3.8, 4) is 0 Å². The molecule has 1 N–H and O–H groups in total. The van der Waals surface area contributed by atoms with Crippen molar-refractivity contribution in [2.24, 2.45) is 0 Å². The van der Waals surface area contributed by atoms with Gasteiger partial charge in [-0.15, -0.1) is 0 Å². The van der Waals surface area contributed by atoms with Gasteiger partial charge < -0.3 is 10.0 Å². The van der Waals surface area contributed by atoms with Gasteiger partial charge in [0.2, 0.25) is 0 Å². The van der Waals surface area contributed by atoms with Crippen molar-refractivity contribution < 1.29 is 27.5 Å². The van der Waals surface area contributed by atoms with Crippen molar-refractivity contribution in [2.45, 2.75) is 19.0 Å². The number of sulfone groups is 1. The Kier molecular flexibility index (Phi) is 4.54. The summed E-state index contributed by atoms with van der Waals surface area (Å²) in [7, 11) is -3.35. The van der Waals surface area contributed by atoms with Gasteiger partial charge in [0.25, 0.3) is 5.91 Å². The van der Waals surface area contributed by atoms with Crippen molar-refractivity contribution in [2.75, 3.05) is 31.1 Å². The van der Waals surface area contributed by atoms with Crippen molar-refractivity contribution in [1.82, 2.24) is 9.80 Å². The van der Waals surface area contributed by atoms with E-state index < -0.39 is 33.7 Å². The van der Waals surface area contributed by atoms with E-state index in [1.165, 1.54) is 23.1 Å². The number of aliphatic carboxylic acids is 1. The summed E-state index contributed by atoms with van der Waals surface area (Å²) < 4.78 is 37.4. The number of benzene rings is 1. The van der Waals surface area contributed by atoms with Crippen LogP contribution in [0.15, 0.2) is 18.2 Å². The predicted octanol–water partition coefficient (Wildman–Crippen LogP) is 0.142. The number of amides is 1. The lowest BCUT2D eigenvalue weighted by Gasteiger charge is -2.43. The van der Waals surface area contributed by atoms with Crippen LogP contribution in [0.25, 0.3) is 0 Å². The number of aryl methyl sites for hydroxylation is 1. The first-order valence-corrected chi connectivity index (χ1v) is 9.73. The van der Waals surface area contributed by atoms with Gasteiger partial charge in [-0.2, -0.15) is 0 Å². The summed E-state index contributed by atoms with van der Waals surface area (Å²) in [5, 5.41) is 9.02. The number of hydrogen-bond donors (Lipinski definition) is 1. The highest BCUT2D eigenvalue weighted by Gasteiger charge is 2.48. The van der Waals surface area contributed by atoms with E-state index in [2.05, 4.69) is 0 Å². The monoisotopic (exact) mass is 370 g/mol. The molecule has 0 spiro atoms. The highest BCUT2D eigenvalue weighted by molar-refractivity contribution is 7.91. The average Bonchev–Trinajstić information content (AvgIpc) is 2.82. The summed E-state index contributed by atoms with van der Waals surface area (Å²) in [6.07, 6.45) is 0. The maximum absolute atomic E-state index is 13.3. The number of carbonyl (C=O) groups is 2. The standard InChI is InChI=1S/C16H19FN2O5S/c1-10-6-11(17)2-3-12(10)16(22)19-5-4-18(7-15(20)21)13-8-25(23,24)9-14(13)19/h2-3,6,13-14H,4-5,7-9H2,1H3,(H,20,21). The van der Waals surface area contributed by atoms with Gasteiger partial charge in [-0.05, 0) is 30.7 Å². The van der Waals surface area contributed by atoms with Crippen molar-refractivity contribution >= 4 is 21.7 Å². The molecular weight excluding hydrogens is 351 g/mol. The van der Waals surface area contributed by atoms with E-state index in [9.17, 15) is 22.4 Å². The third-order valence-electron chi connectivity index (χ3n) is 4.81. The third kappa shape index (κ3) is 3.52. The lowest BCUT2D eigenvalue weighted by Crippen LogP contribution is -2.61. The molecule has 2 atom stereocenters. The molecular formula is C16H19FN2O5S. The predicted molar refractivity (Wildman–Crippen MR) is 87.6 cm³/mol. The Morgan fingerprint density at radius 1 is 1.24 bits per heavy atom. The Morgan fingerprint density at radius 2 is 1.92 bits per heavy atom. The molecule has 2 fully saturated rings. The summed E-state index contributed by atoms with van der Waals surface area (Å²) in [5.74, 6) is -2.16. The van der Waals surface area contributed by atoms with E-state index in [0.29, 0.717) is 11.1 Å². The van der Waals surface area contributed by atoms with Crippen LogP contribution in [0.3, 0.4) is 0 Å². The first kappa shape index (κ1) is 17.8. The molecule has 9 heteroatoms. The molecule has 1 aromatic rings. The summed E-state index contributed by atoms with van der Waals surface area (Å²) in [4.78, 5) is 27.0. The van der Waals surface area contributed by atoms with Crippen molar-refractivity contribution in [1.29, 1.82) is 0 Å². The van der Waals surface area contributed by atoms with Gasteiger partial charge in [0.1, 0.15) is 5.82 Å². The van der Waals surface area contributed by atoms with Crippen LogP contribution in [0, 0.1) is 12.7 Å². The minimum Gasteiger partial charge on any atom is -0.480 e. The first-order chi connectivity index (χ1) is 11.7. The number of hydrogen-bond acceptors (Lipinski definition) is 5. The lowest BCUT2D eigenvalue weighted by molar-refractivity contribution is -0.139. The van der Waals surface area contributed by atoms with Crippen LogP contribution in [0.5, 0.6) is 0 Å². The van der Waals surface area contributed by atoms with Gasteiger partial charge >= 0.3 is 5.97 Å². The second-order valence-electron chi connectivity index (χ2n) is 6.53. The smallest absolute Gasteiger partial charge is 0.317 e. The summed E-state index contributed by atoms with van der Waals surface area (Å²) in [5.41, 5.74) is 0.812. The fourth-order valence-corrected chi connectivity index (χ4v) is 5.68. The zero-order valence-corrected chi connectivity index (χ0v) is 14.5. The molecule has 2 aliphatic rings. The maximum Gasteiger partial charge on any atom is 0.317 e. The molecule has 1 amide bonds. The molecule has 3 rings (SSSR count). The molecule has 2 heterocycles. The van der Waals surface area contributed by atoms with E-state index in [1.807, 2.05) is 0 Å². The third-order valence-corrected chi connectivity index (χ3v) is 6.51. The first-order valence-electron chi connectivity index (χ1n) is 7.91. The zero-order chi connectivity index (χ0) is 18.4. The molecule has 2 saturated heterocycles. The van der Waals surface area contributed by atoms with E-state index >= 15 is 0 Å². The number of carboxylic acids is 1. The van der Waals surface area contributed by atoms with Gasteiger partial charge in [0.05, 0.1) is 24.1 Å². The van der Waals surface area contributed by atoms with Crippen LogP contribution in [0.1, 0.15) is 15.9 Å². The Balaban J connectivity index is 1.90. The molecule has 1 aromatic carbocycles. The minimum absolute atomic E-state index is 0.156. The highest BCUT2D eigenvalue weighted by atomic mass is 32.2. The molecule has 0 radical (unpaired) electrons. The Bertz CT molecular complexity index is 826. The number of halogens is 1. The number of carbonyl (C=O) groups excluding carboxylic acids is 1. The van der Waals surface area contributed by atoms with Crippen molar-refractivity contribution in [3.63, 3.8) is 0 Å². The summed E-state index contributed by atoms with van der Waals surface area (Å²) in [6.45, 7) is 1.89. The lowest BCUT2D eigenvalue weighted by atomic mass is 10.0. The van der Waals surface area contributed by atoms with Crippen LogP contribution in [-0.4, -0.2) is 78.4 Å². The molecule has 0 bridgehead atoms. The van der Waals surface area contributed by atoms with Crippen molar-refractivity contribution in [3.05, 3.63) is 35.1 Å². The minimum atomic E-state index is -3.35. The summed E-state index contributed by atoms with van der Waals surface area (Å²) in [6, 6.07) is 2.74. The number of piperazine rings is 1. The molecule has 7 nitrogen and oxygen atoms in total. The van der Waals surface area contributed by atoms with Gasteiger partial charge in [-0.25, -0.2) is 12.8 Å². The molecule has 0 saturated carbocycles. The van der Waals surface area contributed by atoms with E-state index in [0.717, 1.165) is 0 Å². The fraction of sp³-hybridized carbons (Fsp3) is 0.500. The van der Waals surface area contributed by atoms with E-state index in [1.54, 1.807) is 11.8 Å². The summed E-state index contributed by atoms with van der Waals surface area (Å²) >= 11 is 0. The van der Waals surface area contributed by atoms with Crippen LogP contribution in [0.2, 0.25) is 0 Å². The molecule has 25 heavy (non-hydrogen) atoms. The molecule has 2 aliphatic heterocycles. The second-order valence-corrected chi connectivity index (χ2v) is 8.69. The van der Waals surface area contributed by atoms with Gasteiger partial charge in [0.15, 0.2) is 9.84 Å². The molecule has 136 valence electrons. The normalized spacial score (nSPS) is 25.6. The molecule has 0 aliphatic carbocycles. The van der Waals surface area contributed by atoms with Gasteiger partial charge in [0, 0.05) is 24.7 Å². The average molecular weight is 370 g/mol. The molecule has 2 unspecified atom stereocenters. The second kappa shape index (κ2) is 6.38. The van der Waals surface area contributed by atoms with Crippen LogP contribution in [0.4, 0.5) is 4.39 Å². The number of fused-ring (bicyclic) bond motifs is 1. The topological polar surface area (TPSA) is 95.0 Å². The van der Waals surface area contributed by atoms with Gasteiger partial charge in [-0.1, -0.05) is 0 Å². The maximum atomic E-state index is 13.3. The van der Waals surface area contributed by atoms with Crippen LogP contribution in [-0.2, 0) is 14.6 Å². The zero-order valence-electron chi connectivity index (χ0n) is 13.7. The highest BCUT2D eigenvalue weighted by Crippen LogP contribution is 2.28. The van der Waals surface area contributed by atoms with Crippen LogP contribution < -0.4 is 0 Å². The number of rotatable bonds is 3. The van der Waals surface area contributed by atoms with E-state index in [-0.39, 0.29) is 37.0 Å². The largest absolute Gasteiger partial charge is 0.480 e. The number of nitrogens with zero attached hydrogens (tertiary/aromatic N) is 2. The molecule has 0 aromatic heterocycles. The van der Waals surface area contributed by atoms with E-state index in [4.69, 9.17) is 5.11 Å².